The zero-order valence-electron chi connectivity index (χ0n) is 15.5. The van der Waals surface area contributed by atoms with Crippen molar-refractivity contribution in [3.63, 3.8) is 0 Å². The highest BCUT2D eigenvalue weighted by molar-refractivity contribution is 7.99. The zero-order chi connectivity index (χ0) is 18.9. The van der Waals surface area contributed by atoms with Gasteiger partial charge in [-0.15, -0.1) is 0 Å². The molecule has 0 spiro atoms. The number of thioether (sulfide) groups is 1. The number of fused-ring (bicyclic) bond motifs is 1. The topological polar surface area (TPSA) is 76.5 Å². The number of carbonyl (C=O) groups is 1. The number of hydrogen-bond acceptors (Lipinski definition) is 6. The minimum Gasteiger partial charge on any atom is -0.383 e. The number of aromatic nitrogens is 2. The van der Waals surface area contributed by atoms with E-state index in [-0.39, 0.29) is 17.2 Å². The van der Waals surface area contributed by atoms with Crippen LogP contribution in [0.15, 0.2) is 34.2 Å². The standard InChI is InChI=1S/C18H26N4O3S/c1-21(2)10-6-11-22-17(24)14-7-4-5-8-15(14)20-18(22)26-13-16(23)19-9-12-25-3/h4-5,7-8H,6,9-13H2,1-3H3,(H,19,23). The van der Waals surface area contributed by atoms with Gasteiger partial charge in [0.1, 0.15) is 0 Å². The molecule has 8 heteroatoms. The monoisotopic (exact) mass is 378 g/mol. The number of rotatable bonds is 10. The van der Waals surface area contributed by atoms with E-state index >= 15 is 0 Å². The van der Waals surface area contributed by atoms with Gasteiger partial charge in [0.2, 0.25) is 5.91 Å². The number of ether oxygens (including phenoxy) is 1. The molecule has 1 aromatic carbocycles. The van der Waals surface area contributed by atoms with Crippen LogP contribution in [0.25, 0.3) is 10.9 Å². The molecule has 7 nitrogen and oxygen atoms in total. The lowest BCUT2D eigenvalue weighted by atomic mass is 10.2. The van der Waals surface area contributed by atoms with Crippen molar-refractivity contribution < 1.29 is 9.53 Å². The predicted molar refractivity (Wildman–Crippen MR) is 105 cm³/mol. The summed E-state index contributed by atoms with van der Waals surface area (Å²) in [4.78, 5) is 31.5. The van der Waals surface area contributed by atoms with E-state index in [1.807, 2.05) is 32.3 Å². The van der Waals surface area contributed by atoms with Gasteiger partial charge in [-0.1, -0.05) is 23.9 Å². The molecule has 0 aliphatic heterocycles. The van der Waals surface area contributed by atoms with Crippen molar-refractivity contribution in [2.24, 2.45) is 0 Å². The Kier molecular flexibility index (Phi) is 8.08. The van der Waals surface area contributed by atoms with Gasteiger partial charge in [0.05, 0.1) is 23.3 Å². The molecule has 1 N–H and O–H groups in total. The summed E-state index contributed by atoms with van der Waals surface area (Å²) in [7, 11) is 5.59. The number of nitrogens with zero attached hydrogens (tertiary/aromatic N) is 3. The van der Waals surface area contributed by atoms with E-state index in [4.69, 9.17) is 4.74 Å². The number of benzene rings is 1. The Bertz CT molecular complexity index is 792. The molecule has 0 radical (unpaired) electrons. The Morgan fingerprint density at radius 1 is 1.35 bits per heavy atom. The van der Waals surface area contributed by atoms with E-state index in [1.54, 1.807) is 17.7 Å². The third-order valence-corrected chi connectivity index (χ3v) is 4.75. The van der Waals surface area contributed by atoms with Gasteiger partial charge in [0.25, 0.3) is 5.56 Å². The fraction of sp³-hybridized carbons (Fsp3) is 0.500. The number of methoxy groups -OCH3 is 1. The largest absolute Gasteiger partial charge is 0.383 e. The molecule has 0 aliphatic rings. The third kappa shape index (κ3) is 5.82. The molecular weight excluding hydrogens is 352 g/mol. The molecule has 142 valence electrons. The van der Waals surface area contributed by atoms with Crippen LogP contribution in [-0.2, 0) is 16.1 Å². The van der Waals surface area contributed by atoms with Crippen molar-refractivity contribution >= 4 is 28.6 Å². The van der Waals surface area contributed by atoms with Crippen molar-refractivity contribution in [2.75, 3.05) is 46.7 Å². The summed E-state index contributed by atoms with van der Waals surface area (Å²) in [5.74, 6) is 0.108. The Balaban J connectivity index is 2.19. The SMILES string of the molecule is COCCNC(=O)CSc1nc2ccccc2c(=O)n1CCCN(C)C. The van der Waals surface area contributed by atoms with Gasteiger partial charge >= 0.3 is 0 Å². The fourth-order valence-corrected chi connectivity index (χ4v) is 3.33. The number of para-hydroxylation sites is 1. The van der Waals surface area contributed by atoms with E-state index in [0.717, 1.165) is 13.0 Å². The van der Waals surface area contributed by atoms with E-state index in [0.29, 0.717) is 35.8 Å². The van der Waals surface area contributed by atoms with Gasteiger partial charge < -0.3 is 15.0 Å². The molecule has 0 fully saturated rings. The molecule has 0 atom stereocenters. The molecule has 0 saturated heterocycles. The number of amides is 1. The molecule has 0 aliphatic carbocycles. The molecule has 2 rings (SSSR count). The Hall–Kier alpha value is -1.90. The first-order valence-electron chi connectivity index (χ1n) is 8.55. The van der Waals surface area contributed by atoms with Crippen molar-refractivity contribution in [1.82, 2.24) is 19.8 Å². The second-order valence-corrected chi connectivity index (χ2v) is 7.10. The maximum Gasteiger partial charge on any atom is 0.262 e. The van der Waals surface area contributed by atoms with Crippen molar-refractivity contribution in [2.45, 2.75) is 18.1 Å². The molecule has 1 amide bonds. The lowest BCUT2D eigenvalue weighted by Gasteiger charge is -2.14. The maximum absolute atomic E-state index is 12.9. The minimum absolute atomic E-state index is 0.0587. The minimum atomic E-state index is -0.103. The number of hydrogen-bond donors (Lipinski definition) is 1. The summed E-state index contributed by atoms with van der Waals surface area (Å²) in [6.45, 7) is 2.39. The van der Waals surface area contributed by atoms with Crippen LogP contribution in [0.2, 0.25) is 0 Å². The summed E-state index contributed by atoms with van der Waals surface area (Å²) in [6, 6.07) is 7.31. The molecule has 26 heavy (non-hydrogen) atoms. The first-order chi connectivity index (χ1) is 12.5. The van der Waals surface area contributed by atoms with Crippen LogP contribution in [-0.4, -0.2) is 67.0 Å². The molecule has 1 aromatic heterocycles. The lowest BCUT2D eigenvalue weighted by Crippen LogP contribution is -2.29. The van der Waals surface area contributed by atoms with Gasteiger partial charge in [0, 0.05) is 20.2 Å². The first-order valence-corrected chi connectivity index (χ1v) is 9.54. The van der Waals surface area contributed by atoms with Gasteiger partial charge in [-0.2, -0.15) is 0 Å². The summed E-state index contributed by atoms with van der Waals surface area (Å²) in [5.41, 5.74) is 0.597. The Morgan fingerprint density at radius 3 is 2.85 bits per heavy atom. The molecule has 0 unspecified atom stereocenters. The summed E-state index contributed by atoms with van der Waals surface area (Å²) < 4.78 is 6.60. The van der Waals surface area contributed by atoms with E-state index in [9.17, 15) is 9.59 Å². The van der Waals surface area contributed by atoms with Crippen molar-refractivity contribution in [3.05, 3.63) is 34.6 Å². The van der Waals surface area contributed by atoms with Crippen LogP contribution in [0.1, 0.15) is 6.42 Å². The quantitative estimate of drug-likeness (QED) is 0.380. The number of nitrogens with one attached hydrogen (secondary N) is 1. The highest BCUT2D eigenvalue weighted by Gasteiger charge is 2.13. The summed E-state index contributed by atoms with van der Waals surface area (Å²) >= 11 is 1.29. The average Bonchev–Trinajstić information content (AvgIpc) is 2.62. The smallest absolute Gasteiger partial charge is 0.262 e. The molecule has 1 heterocycles. The summed E-state index contributed by atoms with van der Waals surface area (Å²) in [5, 5.41) is 3.96. The highest BCUT2D eigenvalue weighted by Crippen LogP contribution is 2.18. The second kappa shape index (κ2) is 10.3. The van der Waals surface area contributed by atoms with Crippen LogP contribution in [0.4, 0.5) is 0 Å². The molecule has 0 bridgehead atoms. The van der Waals surface area contributed by atoms with Crippen LogP contribution >= 0.6 is 11.8 Å². The van der Waals surface area contributed by atoms with Crippen LogP contribution in [0.3, 0.4) is 0 Å². The van der Waals surface area contributed by atoms with Gasteiger partial charge in [-0.3, -0.25) is 14.2 Å². The Morgan fingerprint density at radius 2 is 2.12 bits per heavy atom. The second-order valence-electron chi connectivity index (χ2n) is 6.16. The fourth-order valence-electron chi connectivity index (χ4n) is 2.47. The van der Waals surface area contributed by atoms with E-state index in [1.165, 1.54) is 11.8 Å². The van der Waals surface area contributed by atoms with E-state index in [2.05, 4.69) is 15.2 Å². The maximum atomic E-state index is 12.9. The van der Waals surface area contributed by atoms with Crippen molar-refractivity contribution in [3.8, 4) is 0 Å². The number of carbonyl (C=O) groups excluding carboxylic acids is 1. The lowest BCUT2D eigenvalue weighted by molar-refractivity contribution is -0.118. The highest BCUT2D eigenvalue weighted by atomic mass is 32.2. The van der Waals surface area contributed by atoms with Gasteiger partial charge in [-0.05, 0) is 39.2 Å². The molecule has 2 aromatic rings. The summed E-state index contributed by atoms with van der Waals surface area (Å²) in [6.07, 6.45) is 0.834. The third-order valence-electron chi connectivity index (χ3n) is 3.77. The first kappa shape index (κ1) is 20.4. The van der Waals surface area contributed by atoms with Crippen LogP contribution in [0, 0.1) is 0 Å². The van der Waals surface area contributed by atoms with Crippen molar-refractivity contribution in [1.29, 1.82) is 0 Å². The zero-order valence-corrected chi connectivity index (χ0v) is 16.3. The van der Waals surface area contributed by atoms with E-state index < -0.39 is 0 Å². The Labute approximate surface area is 157 Å². The van der Waals surface area contributed by atoms with Gasteiger partial charge in [-0.25, -0.2) is 4.98 Å². The average molecular weight is 378 g/mol. The van der Waals surface area contributed by atoms with Gasteiger partial charge in [0.15, 0.2) is 5.16 Å². The predicted octanol–water partition coefficient (Wildman–Crippen LogP) is 1.20. The molecule has 0 saturated carbocycles. The van der Waals surface area contributed by atoms with Crippen LogP contribution < -0.4 is 10.9 Å². The van der Waals surface area contributed by atoms with Crippen LogP contribution in [0.5, 0.6) is 0 Å². The molecular formula is C18H26N4O3S. The normalized spacial score (nSPS) is 11.2.